The Hall–Kier alpha value is -3.65. The van der Waals surface area contributed by atoms with Crippen LogP contribution in [0.3, 0.4) is 0 Å². The van der Waals surface area contributed by atoms with Crippen LogP contribution < -0.4 is 9.62 Å². The van der Waals surface area contributed by atoms with Gasteiger partial charge in [-0.05, 0) is 49.9 Å². The van der Waals surface area contributed by atoms with Crippen LogP contribution in [0, 0.1) is 6.92 Å². The molecule has 3 aromatic carbocycles. The van der Waals surface area contributed by atoms with Gasteiger partial charge in [-0.25, -0.2) is 8.42 Å². The van der Waals surface area contributed by atoms with Crippen LogP contribution >= 0.6 is 0 Å². The van der Waals surface area contributed by atoms with Crippen molar-refractivity contribution < 1.29 is 18.0 Å². The van der Waals surface area contributed by atoms with Crippen LogP contribution in [0.5, 0.6) is 0 Å². The molecule has 0 saturated heterocycles. The lowest BCUT2D eigenvalue weighted by Crippen LogP contribution is -2.52. The number of hydrogen-bond acceptors (Lipinski definition) is 4. The van der Waals surface area contributed by atoms with Gasteiger partial charge in [-0.2, -0.15) is 0 Å². The van der Waals surface area contributed by atoms with E-state index in [1.165, 1.54) is 10.6 Å². The molecule has 0 unspecified atom stereocenters. The molecule has 0 spiro atoms. The molecule has 0 aliphatic heterocycles. The Labute approximate surface area is 239 Å². The van der Waals surface area contributed by atoms with Gasteiger partial charge < -0.3 is 10.2 Å². The number of carbonyl (C=O) groups excluding carboxylic acids is 2. The fourth-order valence-electron chi connectivity index (χ4n) is 4.48. The van der Waals surface area contributed by atoms with Crippen molar-refractivity contribution in [1.82, 2.24) is 10.2 Å². The van der Waals surface area contributed by atoms with E-state index in [9.17, 15) is 18.0 Å². The lowest BCUT2D eigenvalue weighted by atomic mass is 10.0. The van der Waals surface area contributed by atoms with E-state index in [2.05, 4.69) is 5.32 Å². The van der Waals surface area contributed by atoms with Crippen molar-refractivity contribution in [3.8, 4) is 0 Å². The quantitative estimate of drug-likeness (QED) is 0.296. The summed E-state index contributed by atoms with van der Waals surface area (Å²) in [5.74, 6) is -0.386. The maximum atomic E-state index is 13.9. The van der Waals surface area contributed by atoms with Crippen LogP contribution in [0.1, 0.15) is 49.8 Å². The van der Waals surface area contributed by atoms with Gasteiger partial charge in [0.25, 0.3) is 0 Å². The first-order chi connectivity index (χ1) is 19.1. The number of amides is 2. The molecule has 0 fully saturated rings. The van der Waals surface area contributed by atoms with E-state index < -0.39 is 16.1 Å². The third-order valence-corrected chi connectivity index (χ3v) is 8.14. The van der Waals surface area contributed by atoms with Gasteiger partial charge in [-0.15, -0.1) is 0 Å². The minimum absolute atomic E-state index is 0.0312. The molecule has 2 atom stereocenters. The summed E-state index contributed by atoms with van der Waals surface area (Å²) < 4.78 is 26.4. The lowest BCUT2D eigenvalue weighted by molar-refractivity contribution is -0.141. The molecule has 0 heterocycles. The predicted octanol–water partition coefficient (Wildman–Crippen LogP) is 5.10. The molecule has 3 rings (SSSR count). The molecule has 214 valence electrons. The Morgan fingerprint density at radius 1 is 0.875 bits per heavy atom. The molecule has 0 bridgehead atoms. The molecule has 0 aromatic heterocycles. The standard InChI is InChI=1S/C32H41N3O4S/c1-5-26(3)33-32(37)30(23-27-13-8-6-9-14-27)34(24-28-20-18-25(2)19-21-28)31(36)17-12-22-35(40(4,38)39)29-15-10-7-11-16-29/h6-11,13-16,18-21,26,30H,5,12,17,22-24H2,1-4H3,(H,33,37)/t26-,30+/m0/s1. The molecule has 0 saturated carbocycles. The van der Waals surface area contributed by atoms with Crippen LogP contribution in [-0.2, 0) is 32.6 Å². The third-order valence-electron chi connectivity index (χ3n) is 6.94. The van der Waals surface area contributed by atoms with Crippen molar-refractivity contribution in [1.29, 1.82) is 0 Å². The van der Waals surface area contributed by atoms with Crippen molar-refractivity contribution >= 4 is 27.5 Å². The molecule has 40 heavy (non-hydrogen) atoms. The largest absolute Gasteiger partial charge is 0.352 e. The van der Waals surface area contributed by atoms with Crippen molar-refractivity contribution in [2.45, 2.75) is 65.1 Å². The van der Waals surface area contributed by atoms with E-state index in [1.807, 2.05) is 81.4 Å². The predicted molar refractivity (Wildman–Crippen MR) is 161 cm³/mol. The molecule has 1 N–H and O–H groups in total. The molecule has 0 aliphatic carbocycles. The number of carbonyl (C=O) groups is 2. The van der Waals surface area contributed by atoms with E-state index in [0.717, 1.165) is 23.1 Å². The normalized spacial score (nSPS) is 12.8. The highest BCUT2D eigenvalue weighted by atomic mass is 32.2. The van der Waals surface area contributed by atoms with Crippen molar-refractivity contribution in [2.75, 3.05) is 17.1 Å². The van der Waals surface area contributed by atoms with Crippen molar-refractivity contribution in [3.05, 3.63) is 102 Å². The average Bonchev–Trinajstić information content (AvgIpc) is 2.94. The Balaban J connectivity index is 1.88. The SMILES string of the molecule is CC[C@H](C)NC(=O)[C@@H](Cc1ccccc1)N(Cc1ccc(C)cc1)C(=O)CCCN(c1ccccc1)S(C)(=O)=O. The van der Waals surface area contributed by atoms with Crippen LogP contribution in [0.2, 0.25) is 0 Å². The zero-order valence-corrected chi connectivity index (χ0v) is 24.7. The number of nitrogens with zero attached hydrogens (tertiary/aromatic N) is 2. The molecule has 0 aliphatic rings. The Kier molecular flexibility index (Phi) is 11.3. The Morgan fingerprint density at radius 2 is 1.48 bits per heavy atom. The van der Waals surface area contributed by atoms with Gasteiger partial charge in [0.1, 0.15) is 6.04 Å². The summed E-state index contributed by atoms with van der Waals surface area (Å²) in [5, 5.41) is 3.08. The van der Waals surface area contributed by atoms with Gasteiger partial charge >= 0.3 is 0 Å². The van der Waals surface area contributed by atoms with E-state index in [1.54, 1.807) is 29.2 Å². The summed E-state index contributed by atoms with van der Waals surface area (Å²) in [5.41, 5.74) is 3.55. The second kappa shape index (κ2) is 14.7. The zero-order chi connectivity index (χ0) is 29.1. The molecule has 8 heteroatoms. The second-order valence-corrected chi connectivity index (χ2v) is 12.2. The van der Waals surface area contributed by atoms with Gasteiger partial charge in [0.05, 0.1) is 11.9 Å². The maximum absolute atomic E-state index is 13.9. The first-order valence-electron chi connectivity index (χ1n) is 13.8. The number of sulfonamides is 1. The maximum Gasteiger partial charge on any atom is 0.243 e. The summed E-state index contributed by atoms with van der Waals surface area (Å²) in [7, 11) is -3.53. The number of benzene rings is 3. The van der Waals surface area contributed by atoms with Gasteiger partial charge in [0.2, 0.25) is 21.8 Å². The fraction of sp³-hybridized carbons (Fsp3) is 0.375. The number of rotatable bonds is 14. The molecule has 0 radical (unpaired) electrons. The van der Waals surface area contributed by atoms with Gasteiger partial charge in [0, 0.05) is 32.0 Å². The zero-order valence-electron chi connectivity index (χ0n) is 23.9. The summed E-state index contributed by atoms with van der Waals surface area (Å²) >= 11 is 0. The highest BCUT2D eigenvalue weighted by molar-refractivity contribution is 7.92. The fourth-order valence-corrected chi connectivity index (χ4v) is 5.45. The molecule has 3 aromatic rings. The van der Waals surface area contributed by atoms with Gasteiger partial charge in [-0.1, -0.05) is 85.3 Å². The lowest BCUT2D eigenvalue weighted by Gasteiger charge is -2.32. The van der Waals surface area contributed by atoms with E-state index >= 15 is 0 Å². The summed E-state index contributed by atoms with van der Waals surface area (Å²) in [6.07, 6.45) is 2.74. The van der Waals surface area contributed by atoms with Gasteiger partial charge in [0.15, 0.2) is 0 Å². The van der Waals surface area contributed by atoms with Crippen LogP contribution in [0.15, 0.2) is 84.9 Å². The molecule has 7 nitrogen and oxygen atoms in total. The highest BCUT2D eigenvalue weighted by Gasteiger charge is 2.31. The Morgan fingerprint density at radius 3 is 2.05 bits per heavy atom. The number of anilines is 1. The van der Waals surface area contributed by atoms with E-state index in [-0.39, 0.29) is 37.4 Å². The van der Waals surface area contributed by atoms with Crippen LogP contribution in [-0.4, -0.2) is 50.0 Å². The topological polar surface area (TPSA) is 86.8 Å². The summed E-state index contributed by atoms with van der Waals surface area (Å²) in [6.45, 7) is 6.40. The monoisotopic (exact) mass is 563 g/mol. The van der Waals surface area contributed by atoms with Crippen LogP contribution in [0.25, 0.3) is 0 Å². The molecule has 2 amide bonds. The van der Waals surface area contributed by atoms with Crippen molar-refractivity contribution in [2.24, 2.45) is 0 Å². The first-order valence-corrected chi connectivity index (χ1v) is 15.7. The van der Waals surface area contributed by atoms with Gasteiger partial charge in [-0.3, -0.25) is 13.9 Å². The minimum atomic E-state index is -3.53. The van der Waals surface area contributed by atoms with Crippen molar-refractivity contribution in [3.63, 3.8) is 0 Å². The summed E-state index contributed by atoms with van der Waals surface area (Å²) in [6, 6.07) is 25.8. The smallest absolute Gasteiger partial charge is 0.243 e. The number of hydrogen-bond donors (Lipinski definition) is 1. The highest BCUT2D eigenvalue weighted by Crippen LogP contribution is 2.20. The third kappa shape index (κ3) is 9.23. The van der Waals surface area contributed by atoms with Crippen LogP contribution in [0.4, 0.5) is 5.69 Å². The molecular formula is C32H41N3O4S. The van der Waals surface area contributed by atoms with E-state index in [0.29, 0.717) is 18.5 Å². The number of aryl methyl sites for hydroxylation is 1. The number of nitrogens with one attached hydrogen (secondary N) is 1. The Bertz CT molecular complexity index is 1330. The van der Waals surface area contributed by atoms with E-state index in [4.69, 9.17) is 0 Å². The number of para-hydroxylation sites is 1. The average molecular weight is 564 g/mol. The minimum Gasteiger partial charge on any atom is -0.352 e. The molecular weight excluding hydrogens is 522 g/mol. The summed E-state index contributed by atoms with van der Waals surface area (Å²) in [4.78, 5) is 29.1. The first kappa shape index (κ1) is 30.9. The second-order valence-electron chi connectivity index (χ2n) is 10.3.